The lowest BCUT2D eigenvalue weighted by atomic mass is 9.97. The zero-order valence-corrected chi connectivity index (χ0v) is 28.0. The van der Waals surface area contributed by atoms with E-state index in [2.05, 4.69) is 15.2 Å². The van der Waals surface area contributed by atoms with Gasteiger partial charge in [0.2, 0.25) is 11.8 Å². The molecule has 5 rings (SSSR count). The molecule has 1 saturated heterocycles. The summed E-state index contributed by atoms with van der Waals surface area (Å²) in [6.45, 7) is 9.71. The number of carbonyl (C=O) groups excluding carboxylic acids is 1. The van der Waals surface area contributed by atoms with Gasteiger partial charge < -0.3 is 19.7 Å². The molecule has 0 radical (unpaired) electrons. The third-order valence-electron chi connectivity index (χ3n) is 8.28. The second-order valence-corrected chi connectivity index (χ2v) is 12.3. The number of aromatic nitrogens is 2. The van der Waals surface area contributed by atoms with Crippen molar-refractivity contribution in [2.24, 2.45) is 0 Å². The Labute approximate surface area is 279 Å². The molecule has 0 unspecified atom stereocenters. The maximum Gasteiger partial charge on any atom is 0.420 e. The Hall–Kier alpha value is -3.92. The van der Waals surface area contributed by atoms with Gasteiger partial charge in [-0.25, -0.2) is 14.2 Å². The second-order valence-electron chi connectivity index (χ2n) is 11.5. The number of benzene rings is 3. The van der Waals surface area contributed by atoms with Gasteiger partial charge in [0, 0.05) is 42.0 Å². The molecule has 11 heteroatoms. The Morgan fingerprint density at radius 3 is 2.52 bits per heavy atom. The highest BCUT2D eigenvalue weighted by Crippen LogP contribution is 2.32. The average Bonchev–Trinajstić information content (AvgIpc) is 3.04. The van der Waals surface area contributed by atoms with Crippen LogP contribution in [-0.4, -0.2) is 54.2 Å². The van der Waals surface area contributed by atoms with Crippen molar-refractivity contribution in [1.82, 2.24) is 14.9 Å². The van der Waals surface area contributed by atoms with Crippen molar-refractivity contribution in [2.45, 2.75) is 46.5 Å². The first-order valence-corrected chi connectivity index (χ1v) is 16.1. The Morgan fingerprint density at radius 1 is 0.978 bits per heavy atom. The number of halogens is 3. The first-order valence-electron chi connectivity index (χ1n) is 15.4. The molecule has 2 heterocycles. The molecule has 0 saturated carbocycles. The minimum Gasteiger partial charge on any atom is -0.490 e. The number of nitrogens with zero attached hydrogens (tertiary/aromatic N) is 4. The fourth-order valence-corrected chi connectivity index (χ4v) is 5.79. The van der Waals surface area contributed by atoms with Crippen LogP contribution in [0.3, 0.4) is 0 Å². The van der Waals surface area contributed by atoms with E-state index in [1.54, 1.807) is 36.4 Å². The smallest absolute Gasteiger partial charge is 0.420 e. The van der Waals surface area contributed by atoms with Crippen LogP contribution >= 0.6 is 23.2 Å². The molecule has 8 nitrogen and oxygen atoms in total. The van der Waals surface area contributed by atoms with Crippen molar-refractivity contribution in [1.29, 1.82) is 0 Å². The van der Waals surface area contributed by atoms with Crippen LogP contribution in [0.4, 0.5) is 26.5 Å². The molecule has 1 aliphatic heterocycles. The van der Waals surface area contributed by atoms with Crippen molar-refractivity contribution < 1.29 is 18.7 Å². The summed E-state index contributed by atoms with van der Waals surface area (Å²) in [5.41, 5.74) is 5.44. The van der Waals surface area contributed by atoms with E-state index in [4.69, 9.17) is 37.7 Å². The number of rotatable bonds is 10. The third-order valence-corrected chi connectivity index (χ3v) is 8.84. The van der Waals surface area contributed by atoms with Crippen molar-refractivity contribution in [2.75, 3.05) is 43.5 Å². The molecule has 1 amide bonds. The summed E-state index contributed by atoms with van der Waals surface area (Å²) < 4.78 is 26.5. The van der Waals surface area contributed by atoms with E-state index in [0.29, 0.717) is 33.7 Å². The van der Waals surface area contributed by atoms with Gasteiger partial charge in [0.05, 0.1) is 23.0 Å². The van der Waals surface area contributed by atoms with Crippen LogP contribution in [0, 0.1) is 26.6 Å². The van der Waals surface area contributed by atoms with E-state index < -0.39 is 11.9 Å². The molecular formula is C35H38Cl2FN5O3. The summed E-state index contributed by atoms with van der Waals surface area (Å²) in [6.07, 6.45) is 3.87. The number of piperidine rings is 1. The van der Waals surface area contributed by atoms with Gasteiger partial charge in [0.25, 0.3) is 0 Å². The Morgan fingerprint density at radius 2 is 1.76 bits per heavy atom. The lowest BCUT2D eigenvalue weighted by molar-refractivity contribution is 0.203. The van der Waals surface area contributed by atoms with Gasteiger partial charge in [-0.3, -0.25) is 4.90 Å². The van der Waals surface area contributed by atoms with Gasteiger partial charge in [0.1, 0.15) is 0 Å². The van der Waals surface area contributed by atoms with E-state index in [0.717, 1.165) is 48.3 Å². The minimum atomic E-state index is -0.732. The van der Waals surface area contributed by atoms with E-state index in [-0.39, 0.29) is 17.6 Å². The molecule has 1 aromatic heterocycles. The number of hydrogen-bond acceptors (Lipinski definition) is 7. The SMILES string of the molecule is Cc1ccc(-c2cc(OC(=O)N(C)c3cc(Cl)ccc3Cl)nc(Nc3ccc(OCCCN4CCCCC4)c(F)c3)n2)c(C)c1C. The summed E-state index contributed by atoms with van der Waals surface area (Å²) in [4.78, 5) is 26.0. The monoisotopic (exact) mass is 665 g/mol. The van der Waals surface area contributed by atoms with E-state index in [9.17, 15) is 4.79 Å². The molecule has 0 atom stereocenters. The summed E-state index contributed by atoms with van der Waals surface area (Å²) in [5.74, 6) is -0.206. The lowest BCUT2D eigenvalue weighted by Gasteiger charge is -2.26. The summed E-state index contributed by atoms with van der Waals surface area (Å²) in [7, 11) is 1.52. The van der Waals surface area contributed by atoms with E-state index in [1.807, 2.05) is 32.9 Å². The third kappa shape index (κ3) is 8.26. The largest absolute Gasteiger partial charge is 0.490 e. The number of likely N-dealkylation sites (tertiary alicyclic amines) is 1. The standard InChI is InChI=1S/C35H38Cl2FN5O3/c1-22-9-12-27(24(3)23(22)2)30-21-33(46-35(44)42(4)31-19-25(36)10-13-28(31)37)41-34(40-30)39-26-11-14-32(29(38)20-26)45-18-8-17-43-15-6-5-7-16-43/h9-14,19-21H,5-8,15-18H2,1-4H3,(H,39,40,41). The fraction of sp³-hybridized carbons (Fsp3) is 0.343. The van der Waals surface area contributed by atoms with Crippen LogP contribution in [0.2, 0.25) is 10.0 Å². The molecule has 0 aliphatic carbocycles. The molecule has 3 aromatic carbocycles. The average molecular weight is 667 g/mol. The zero-order valence-electron chi connectivity index (χ0n) is 26.5. The maximum absolute atomic E-state index is 15.1. The summed E-state index contributed by atoms with van der Waals surface area (Å²) in [6, 6.07) is 15.0. The number of nitrogens with one attached hydrogen (secondary N) is 1. The Balaban J connectivity index is 1.36. The number of carbonyl (C=O) groups is 1. The van der Waals surface area contributed by atoms with Crippen molar-refractivity contribution in [3.63, 3.8) is 0 Å². The number of anilines is 3. The van der Waals surface area contributed by atoms with E-state index >= 15 is 4.39 Å². The molecule has 1 fully saturated rings. The fourth-order valence-electron chi connectivity index (χ4n) is 5.38. The van der Waals surface area contributed by atoms with Gasteiger partial charge >= 0.3 is 6.09 Å². The molecule has 1 aliphatic rings. The van der Waals surface area contributed by atoms with Crippen molar-refractivity contribution >= 4 is 46.6 Å². The molecule has 4 aromatic rings. The maximum atomic E-state index is 15.1. The number of hydrogen-bond donors (Lipinski definition) is 1. The number of ether oxygens (including phenoxy) is 2. The summed E-state index contributed by atoms with van der Waals surface area (Å²) >= 11 is 12.4. The molecule has 0 spiro atoms. The highest BCUT2D eigenvalue weighted by atomic mass is 35.5. The Kier molecular flexibility index (Phi) is 11.0. The van der Waals surface area contributed by atoms with Gasteiger partial charge in [-0.05, 0) is 100 Å². The van der Waals surface area contributed by atoms with Crippen LogP contribution in [0.15, 0.2) is 54.6 Å². The lowest BCUT2D eigenvalue weighted by Crippen LogP contribution is -2.31. The first kappa shape index (κ1) is 33.4. The van der Waals surface area contributed by atoms with Gasteiger partial charge in [-0.15, -0.1) is 0 Å². The minimum absolute atomic E-state index is 0.00532. The second kappa shape index (κ2) is 15.1. The van der Waals surface area contributed by atoms with Gasteiger partial charge in [-0.1, -0.05) is 41.8 Å². The predicted octanol–water partition coefficient (Wildman–Crippen LogP) is 9.15. The number of amides is 1. The van der Waals surface area contributed by atoms with Crippen molar-refractivity contribution in [3.05, 3.63) is 87.2 Å². The highest BCUT2D eigenvalue weighted by molar-refractivity contribution is 6.35. The van der Waals surface area contributed by atoms with Crippen LogP contribution in [-0.2, 0) is 0 Å². The normalized spacial score (nSPS) is 13.4. The van der Waals surface area contributed by atoms with Gasteiger partial charge in [0.15, 0.2) is 11.6 Å². The molecule has 1 N–H and O–H groups in total. The van der Waals surface area contributed by atoms with Gasteiger partial charge in [-0.2, -0.15) is 4.98 Å². The van der Waals surface area contributed by atoms with Crippen LogP contribution in [0.25, 0.3) is 11.3 Å². The highest BCUT2D eigenvalue weighted by Gasteiger charge is 2.20. The molecule has 0 bridgehead atoms. The molecular weight excluding hydrogens is 628 g/mol. The van der Waals surface area contributed by atoms with Crippen LogP contribution in [0.1, 0.15) is 42.4 Å². The zero-order chi connectivity index (χ0) is 32.8. The topological polar surface area (TPSA) is 79.8 Å². The van der Waals surface area contributed by atoms with Crippen LogP contribution in [0.5, 0.6) is 11.6 Å². The quantitative estimate of drug-likeness (QED) is 0.169. The Bertz CT molecular complexity index is 1710. The number of aryl methyl sites for hydroxylation is 1. The van der Waals surface area contributed by atoms with Crippen LogP contribution < -0.4 is 19.7 Å². The molecule has 46 heavy (non-hydrogen) atoms. The first-order chi connectivity index (χ1) is 22.1. The van der Waals surface area contributed by atoms with E-state index in [1.165, 1.54) is 37.3 Å². The summed E-state index contributed by atoms with van der Waals surface area (Å²) in [5, 5.41) is 3.81. The molecule has 242 valence electrons. The van der Waals surface area contributed by atoms with Crippen molar-refractivity contribution in [3.8, 4) is 22.9 Å². The predicted molar refractivity (Wildman–Crippen MR) is 183 cm³/mol.